The predicted molar refractivity (Wildman–Crippen MR) is 118 cm³/mol. The Labute approximate surface area is 177 Å². The summed E-state index contributed by atoms with van der Waals surface area (Å²) in [5.74, 6) is -0.289. The third-order valence-electron chi connectivity index (χ3n) is 5.75. The van der Waals surface area contributed by atoms with Gasteiger partial charge < -0.3 is 5.32 Å². The van der Waals surface area contributed by atoms with Crippen LogP contribution >= 0.6 is 0 Å². The normalized spacial score (nSPS) is 15.3. The van der Waals surface area contributed by atoms with Crippen molar-refractivity contribution < 1.29 is 13.2 Å². The lowest BCUT2D eigenvalue weighted by Gasteiger charge is -2.25. The molecule has 156 valence electrons. The molecular formula is C23H25N3O3S. The number of fused-ring (bicyclic) bond motifs is 1. The first-order valence-corrected chi connectivity index (χ1v) is 11.6. The number of amides is 1. The molecule has 4 rings (SSSR count). The third-order valence-corrected chi connectivity index (χ3v) is 7.67. The van der Waals surface area contributed by atoms with E-state index in [9.17, 15) is 13.2 Å². The molecule has 0 radical (unpaired) electrons. The molecule has 0 spiro atoms. The standard InChI is InChI=1S/C23H25N3O3S/c1-16-6-11-20-21(12-13-24-22(20)17(16)2)25-23(27)18-7-9-19(10-8-18)30(28,29)26-14-4-3-5-15-26/h6-13H,3-5,14-15H2,1-2H3,(H,24,25,27). The van der Waals surface area contributed by atoms with Gasteiger partial charge in [-0.2, -0.15) is 4.31 Å². The van der Waals surface area contributed by atoms with Crippen molar-refractivity contribution in [1.82, 2.24) is 9.29 Å². The second-order valence-electron chi connectivity index (χ2n) is 7.71. The van der Waals surface area contributed by atoms with Crippen molar-refractivity contribution in [3.63, 3.8) is 0 Å². The number of hydrogen-bond acceptors (Lipinski definition) is 4. The van der Waals surface area contributed by atoms with Crippen LogP contribution in [-0.4, -0.2) is 36.7 Å². The molecule has 3 aromatic rings. The number of rotatable bonds is 4. The molecule has 0 unspecified atom stereocenters. The molecule has 0 atom stereocenters. The summed E-state index contributed by atoms with van der Waals surface area (Å²) in [5.41, 5.74) is 4.16. The number of carbonyl (C=O) groups excluding carboxylic acids is 1. The molecular weight excluding hydrogens is 398 g/mol. The number of nitrogens with one attached hydrogen (secondary N) is 1. The molecule has 1 aromatic heterocycles. The molecule has 30 heavy (non-hydrogen) atoms. The van der Waals surface area contributed by atoms with Gasteiger partial charge in [0.1, 0.15) is 0 Å². The minimum atomic E-state index is -3.51. The van der Waals surface area contributed by atoms with Gasteiger partial charge in [-0.3, -0.25) is 9.78 Å². The van der Waals surface area contributed by atoms with Crippen molar-refractivity contribution >= 4 is 32.5 Å². The monoisotopic (exact) mass is 423 g/mol. The van der Waals surface area contributed by atoms with Gasteiger partial charge in [-0.25, -0.2) is 8.42 Å². The van der Waals surface area contributed by atoms with Crippen LogP contribution in [0.15, 0.2) is 53.6 Å². The van der Waals surface area contributed by atoms with Crippen molar-refractivity contribution in [1.29, 1.82) is 0 Å². The molecule has 0 bridgehead atoms. The van der Waals surface area contributed by atoms with Crippen LogP contribution < -0.4 is 5.32 Å². The van der Waals surface area contributed by atoms with Crippen LogP contribution in [0.1, 0.15) is 40.7 Å². The van der Waals surface area contributed by atoms with Crippen molar-refractivity contribution in [2.45, 2.75) is 38.0 Å². The second-order valence-corrected chi connectivity index (χ2v) is 9.64. The van der Waals surface area contributed by atoms with Crippen molar-refractivity contribution in [2.24, 2.45) is 0 Å². The average molecular weight is 424 g/mol. The van der Waals surface area contributed by atoms with Crippen molar-refractivity contribution in [2.75, 3.05) is 18.4 Å². The van der Waals surface area contributed by atoms with E-state index >= 15 is 0 Å². The van der Waals surface area contributed by atoms with Crippen LogP contribution in [0.3, 0.4) is 0 Å². The zero-order chi connectivity index (χ0) is 21.3. The molecule has 1 saturated heterocycles. The number of aromatic nitrogens is 1. The lowest BCUT2D eigenvalue weighted by Crippen LogP contribution is -2.35. The van der Waals surface area contributed by atoms with Crippen LogP contribution in [0.2, 0.25) is 0 Å². The van der Waals surface area contributed by atoms with Crippen molar-refractivity contribution in [3.8, 4) is 0 Å². The van der Waals surface area contributed by atoms with Gasteiger partial charge in [-0.15, -0.1) is 0 Å². The van der Waals surface area contributed by atoms with Gasteiger partial charge >= 0.3 is 0 Å². The number of anilines is 1. The highest BCUT2D eigenvalue weighted by Gasteiger charge is 2.26. The molecule has 1 amide bonds. The summed E-state index contributed by atoms with van der Waals surface area (Å²) < 4.78 is 27.1. The molecule has 2 aromatic carbocycles. The minimum Gasteiger partial charge on any atom is -0.321 e. The maximum Gasteiger partial charge on any atom is 0.255 e. The molecule has 1 fully saturated rings. The highest BCUT2D eigenvalue weighted by atomic mass is 32.2. The molecule has 2 heterocycles. The van der Waals surface area contributed by atoms with E-state index in [1.807, 2.05) is 26.0 Å². The SMILES string of the molecule is Cc1ccc2c(NC(=O)c3ccc(S(=O)(=O)N4CCCCC4)cc3)ccnc2c1C. The maximum atomic E-state index is 12.8. The molecule has 0 aliphatic carbocycles. The van der Waals surface area contributed by atoms with Gasteiger partial charge in [0.2, 0.25) is 10.0 Å². The largest absolute Gasteiger partial charge is 0.321 e. The highest BCUT2D eigenvalue weighted by molar-refractivity contribution is 7.89. The topological polar surface area (TPSA) is 79.4 Å². The smallest absolute Gasteiger partial charge is 0.255 e. The lowest BCUT2D eigenvalue weighted by molar-refractivity contribution is 0.102. The van der Waals surface area contributed by atoms with Crippen LogP contribution in [-0.2, 0) is 10.0 Å². The second kappa shape index (κ2) is 8.16. The third kappa shape index (κ3) is 3.82. The Hall–Kier alpha value is -2.77. The lowest BCUT2D eigenvalue weighted by atomic mass is 10.0. The van der Waals surface area contributed by atoms with Gasteiger partial charge in [0.05, 0.1) is 16.1 Å². The first kappa shape index (κ1) is 20.5. The summed E-state index contributed by atoms with van der Waals surface area (Å²) in [4.78, 5) is 17.4. The quantitative estimate of drug-likeness (QED) is 0.679. The van der Waals surface area contributed by atoms with Crippen LogP contribution in [0.5, 0.6) is 0 Å². The zero-order valence-electron chi connectivity index (χ0n) is 17.2. The van der Waals surface area contributed by atoms with E-state index in [2.05, 4.69) is 10.3 Å². The summed E-state index contributed by atoms with van der Waals surface area (Å²) >= 11 is 0. The summed E-state index contributed by atoms with van der Waals surface area (Å²) in [6, 6.07) is 11.9. The number of pyridine rings is 1. The van der Waals surface area contributed by atoms with Crippen LogP contribution in [0, 0.1) is 13.8 Å². The Morgan fingerprint density at radius 3 is 2.37 bits per heavy atom. The number of aryl methyl sites for hydroxylation is 2. The van der Waals surface area contributed by atoms with Crippen LogP contribution in [0.25, 0.3) is 10.9 Å². The van der Waals surface area contributed by atoms with E-state index < -0.39 is 10.0 Å². The van der Waals surface area contributed by atoms with Crippen molar-refractivity contribution in [3.05, 3.63) is 65.4 Å². The Bertz CT molecular complexity index is 1200. The fourth-order valence-electron chi connectivity index (χ4n) is 3.80. The first-order valence-electron chi connectivity index (χ1n) is 10.1. The predicted octanol–water partition coefficient (Wildman–Crippen LogP) is 4.28. The van der Waals surface area contributed by atoms with E-state index in [-0.39, 0.29) is 10.8 Å². The summed E-state index contributed by atoms with van der Waals surface area (Å²) in [5, 5.41) is 3.80. The van der Waals surface area contributed by atoms with E-state index in [1.165, 1.54) is 16.4 Å². The van der Waals surface area contributed by atoms with E-state index in [4.69, 9.17) is 0 Å². The average Bonchev–Trinajstić information content (AvgIpc) is 2.77. The van der Waals surface area contributed by atoms with Gasteiger partial charge in [-0.1, -0.05) is 18.6 Å². The molecule has 1 N–H and O–H groups in total. The molecule has 1 aliphatic heterocycles. The summed E-state index contributed by atoms with van der Waals surface area (Å²) in [7, 11) is -3.51. The number of hydrogen-bond donors (Lipinski definition) is 1. The van der Waals surface area contributed by atoms with Gasteiger partial charge in [0.25, 0.3) is 5.91 Å². The summed E-state index contributed by atoms with van der Waals surface area (Å²) in [6.07, 6.45) is 4.52. The van der Waals surface area contributed by atoms with Crippen LogP contribution in [0.4, 0.5) is 5.69 Å². The minimum absolute atomic E-state index is 0.224. The highest BCUT2D eigenvalue weighted by Crippen LogP contribution is 2.27. The number of sulfonamides is 1. The van der Waals surface area contributed by atoms with E-state index in [1.54, 1.807) is 24.4 Å². The van der Waals surface area contributed by atoms with Gasteiger partial charge in [0.15, 0.2) is 0 Å². The molecule has 1 aliphatic rings. The molecule has 7 heteroatoms. The Kier molecular flexibility index (Phi) is 5.58. The Morgan fingerprint density at radius 2 is 1.67 bits per heavy atom. The Balaban J connectivity index is 1.56. The fourth-order valence-corrected chi connectivity index (χ4v) is 5.31. The summed E-state index contributed by atoms with van der Waals surface area (Å²) in [6.45, 7) is 5.15. The molecule has 0 saturated carbocycles. The van der Waals surface area contributed by atoms with Gasteiger partial charge in [0, 0.05) is 30.2 Å². The Morgan fingerprint density at radius 1 is 0.967 bits per heavy atom. The van der Waals surface area contributed by atoms with E-state index in [0.717, 1.165) is 41.3 Å². The number of nitrogens with zero attached hydrogens (tertiary/aromatic N) is 2. The van der Waals surface area contributed by atoms with Gasteiger partial charge in [-0.05, 0) is 68.1 Å². The fraction of sp³-hybridized carbons (Fsp3) is 0.304. The zero-order valence-corrected chi connectivity index (χ0v) is 18.0. The maximum absolute atomic E-state index is 12.8. The number of carbonyl (C=O) groups is 1. The molecule has 6 nitrogen and oxygen atoms in total. The first-order chi connectivity index (χ1) is 14.4. The number of piperidine rings is 1. The van der Waals surface area contributed by atoms with E-state index in [0.29, 0.717) is 24.3 Å². The number of benzene rings is 2.